The lowest BCUT2D eigenvalue weighted by Gasteiger charge is -2.12. The second kappa shape index (κ2) is 7.64. The van der Waals surface area contributed by atoms with E-state index in [2.05, 4.69) is 29.8 Å². The molecule has 23 heavy (non-hydrogen) atoms. The number of esters is 1. The molecule has 2 aromatic rings. The van der Waals surface area contributed by atoms with Gasteiger partial charge in [-0.25, -0.2) is 4.79 Å². The summed E-state index contributed by atoms with van der Waals surface area (Å²) in [6.45, 7) is 8.20. The molecule has 0 saturated heterocycles. The molecule has 0 heterocycles. The molecule has 0 N–H and O–H groups in total. The van der Waals surface area contributed by atoms with Gasteiger partial charge < -0.3 is 9.47 Å². The second-order valence-electron chi connectivity index (χ2n) is 5.87. The average molecular weight is 377 g/mol. The van der Waals surface area contributed by atoms with Gasteiger partial charge in [0.25, 0.3) is 0 Å². The summed E-state index contributed by atoms with van der Waals surface area (Å²) in [5, 5.41) is 0. The largest absolute Gasteiger partial charge is 0.482 e. The highest BCUT2D eigenvalue weighted by Crippen LogP contribution is 2.26. The summed E-state index contributed by atoms with van der Waals surface area (Å²) in [5.41, 5.74) is 3.53. The van der Waals surface area contributed by atoms with E-state index in [1.807, 2.05) is 44.2 Å². The van der Waals surface area contributed by atoms with Crippen molar-refractivity contribution in [2.75, 3.05) is 6.61 Å². The van der Waals surface area contributed by atoms with Crippen LogP contribution < -0.4 is 9.47 Å². The summed E-state index contributed by atoms with van der Waals surface area (Å²) >= 11 is 3.38. The quantitative estimate of drug-likeness (QED) is 0.533. The predicted molar refractivity (Wildman–Crippen MR) is 95.3 cm³/mol. The summed E-state index contributed by atoms with van der Waals surface area (Å²) in [5.74, 6) is 1.20. The third kappa shape index (κ3) is 4.83. The lowest BCUT2D eigenvalue weighted by molar-refractivity contribution is -0.136. The first kappa shape index (κ1) is 17.5. The molecule has 0 saturated carbocycles. The first-order valence-corrected chi connectivity index (χ1v) is 8.36. The second-order valence-corrected chi connectivity index (χ2v) is 6.72. The number of carbonyl (C=O) groups is 1. The van der Waals surface area contributed by atoms with Gasteiger partial charge in [-0.15, -0.1) is 0 Å². The molecule has 0 amide bonds. The maximum absolute atomic E-state index is 11.9. The van der Waals surface area contributed by atoms with E-state index in [0.717, 1.165) is 15.6 Å². The van der Waals surface area contributed by atoms with Crippen molar-refractivity contribution in [1.29, 1.82) is 0 Å². The topological polar surface area (TPSA) is 35.5 Å². The van der Waals surface area contributed by atoms with Crippen molar-refractivity contribution in [3.63, 3.8) is 0 Å². The van der Waals surface area contributed by atoms with Gasteiger partial charge >= 0.3 is 5.97 Å². The highest BCUT2D eigenvalue weighted by atomic mass is 79.9. The van der Waals surface area contributed by atoms with E-state index in [-0.39, 0.29) is 6.61 Å². The monoisotopic (exact) mass is 376 g/mol. The van der Waals surface area contributed by atoms with Crippen LogP contribution in [0.4, 0.5) is 0 Å². The molecule has 0 aliphatic heterocycles. The minimum atomic E-state index is -0.430. The summed E-state index contributed by atoms with van der Waals surface area (Å²) < 4.78 is 11.6. The maximum atomic E-state index is 11.9. The Morgan fingerprint density at radius 2 is 1.87 bits per heavy atom. The van der Waals surface area contributed by atoms with Gasteiger partial charge in [0, 0.05) is 0 Å². The number of carbonyl (C=O) groups excluding carboxylic acids is 1. The zero-order valence-electron chi connectivity index (χ0n) is 13.9. The van der Waals surface area contributed by atoms with E-state index < -0.39 is 5.97 Å². The minimum absolute atomic E-state index is 0.124. The van der Waals surface area contributed by atoms with Gasteiger partial charge in [0.2, 0.25) is 0 Å². The van der Waals surface area contributed by atoms with E-state index in [0.29, 0.717) is 17.4 Å². The predicted octanol–water partition coefficient (Wildman–Crippen LogP) is 5.17. The lowest BCUT2D eigenvalue weighted by Crippen LogP contribution is -2.18. The van der Waals surface area contributed by atoms with E-state index in [9.17, 15) is 4.79 Å². The molecule has 0 aliphatic carbocycles. The molecule has 2 rings (SSSR count). The number of rotatable bonds is 5. The van der Waals surface area contributed by atoms with Crippen molar-refractivity contribution in [2.45, 2.75) is 33.6 Å². The van der Waals surface area contributed by atoms with Crippen LogP contribution in [0.1, 0.15) is 36.5 Å². The van der Waals surface area contributed by atoms with Crippen LogP contribution in [0.15, 0.2) is 40.9 Å². The van der Waals surface area contributed by atoms with E-state index >= 15 is 0 Å². The first-order chi connectivity index (χ1) is 10.9. The van der Waals surface area contributed by atoms with E-state index in [1.54, 1.807) is 6.07 Å². The van der Waals surface area contributed by atoms with Crippen LogP contribution in [-0.4, -0.2) is 12.6 Å². The smallest absolute Gasteiger partial charge is 0.349 e. The number of halogens is 1. The van der Waals surface area contributed by atoms with Gasteiger partial charge in [-0.05, 0) is 76.7 Å². The number of aryl methyl sites for hydroxylation is 2. The van der Waals surface area contributed by atoms with Crippen molar-refractivity contribution in [1.82, 2.24) is 0 Å². The Kier molecular flexibility index (Phi) is 5.83. The van der Waals surface area contributed by atoms with E-state index in [4.69, 9.17) is 9.47 Å². The van der Waals surface area contributed by atoms with Crippen LogP contribution in [0.25, 0.3) is 0 Å². The molecule has 0 fully saturated rings. The SMILES string of the molecule is Cc1ccc(OC(=O)COc2ccc(C(C)C)c(C)c2)c(Br)c1. The Labute approximate surface area is 145 Å². The summed E-state index contributed by atoms with van der Waals surface area (Å²) in [7, 11) is 0. The summed E-state index contributed by atoms with van der Waals surface area (Å²) in [6.07, 6.45) is 0. The molecule has 0 unspecified atom stereocenters. The van der Waals surface area contributed by atoms with Crippen LogP contribution in [0, 0.1) is 13.8 Å². The van der Waals surface area contributed by atoms with Crippen LogP contribution in [-0.2, 0) is 4.79 Å². The molecule has 0 aliphatic rings. The van der Waals surface area contributed by atoms with Crippen LogP contribution in [0.5, 0.6) is 11.5 Å². The molecule has 122 valence electrons. The van der Waals surface area contributed by atoms with Crippen molar-refractivity contribution in [3.05, 3.63) is 57.6 Å². The van der Waals surface area contributed by atoms with Gasteiger partial charge in [-0.1, -0.05) is 26.0 Å². The Morgan fingerprint density at radius 1 is 1.13 bits per heavy atom. The molecule has 0 radical (unpaired) electrons. The van der Waals surface area contributed by atoms with Crippen molar-refractivity contribution < 1.29 is 14.3 Å². The van der Waals surface area contributed by atoms with Gasteiger partial charge in [-0.3, -0.25) is 0 Å². The maximum Gasteiger partial charge on any atom is 0.349 e. The highest BCUT2D eigenvalue weighted by molar-refractivity contribution is 9.10. The molecular formula is C19H21BrO3. The van der Waals surface area contributed by atoms with Crippen molar-refractivity contribution >= 4 is 21.9 Å². The fraction of sp³-hybridized carbons (Fsp3) is 0.316. The van der Waals surface area contributed by atoms with Gasteiger partial charge in [0.05, 0.1) is 4.47 Å². The van der Waals surface area contributed by atoms with Crippen LogP contribution in [0.2, 0.25) is 0 Å². The fourth-order valence-corrected chi connectivity index (χ4v) is 2.94. The third-order valence-electron chi connectivity index (χ3n) is 3.53. The van der Waals surface area contributed by atoms with Gasteiger partial charge in [-0.2, -0.15) is 0 Å². The molecule has 0 bridgehead atoms. The number of benzene rings is 2. The molecule has 4 heteroatoms. The van der Waals surface area contributed by atoms with Crippen LogP contribution in [0.3, 0.4) is 0 Å². The third-order valence-corrected chi connectivity index (χ3v) is 4.15. The Hall–Kier alpha value is -1.81. The first-order valence-electron chi connectivity index (χ1n) is 7.57. The lowest BCUT2D eigenvalue weighted by atomic mass is 9.98. The summed E-state index contributed by atoms with van der Waals surface area (Å²) in [4.78, 5) is 11.9. The molecule has 2 aromatic carbocycles. The molecule has 3 nitrogen and oxygen atoms in total. The molecule has 0 atom stereocenters. The normalized spacial score (nSPS) is 10.7. The van der Waals surface area contributed by atoms with Gasteiger partial charge in [0.1, 0.15) is 11.5 Å². The Balaban J connectivity index is 1.95. The standard InChI is InChI=1S/C19H21BrO3/c1-12(2)16-7-6-15(10-14(16)4)22-11-19(21)23-18-8-5-13(3)9-17(18)20/h5-10,12H,11H2,1-4H3. The van der Waals surface area contributed by atoms with Crippen molar-refractivity contribution in [2.24, 2.45) is 0 Å². The minimum Gasteiger partial charge on any atom is -0.482 e. The zero-order chi connectivity index (χ0) is 17.0. The van der Waals surface area contributed by atoms with Crippen LogP contribution >= 0.6 is 15.9 Å². The Bertz CT molecular complexity index is 708. The average Bonchev–Trinajstić information content (AvgIpc) is 2.48. The summed E-state index contributed by atoms with van der Waals surface area (Å²) in [6, 6.07) is 11.4. The number of hydrogen-bond donors (Lipinski definition) is 0. The van der Waals surface area contributed by atoms with Gasteiger partial charge in [0.15, 0.2) is 6.61 Å². The number of hydrogen-bond acceptors (Lipinski definition) is 3. The zero-order valence-corrected chi connectivity index (χ0v) is 15.4. The molecule has 0 spiro atoms. The highest BCUT2D eigenvalue weighted by Gasteiger charge is 2.10. The molecule has 0 aromatic heterocycles. The molecular weight excluding hydrogens is 356 g/mol. The Morgan fingerprint density at radius 3 is 2.48 bits per heavy atom. The number of ether oxygens (including phenoxy) is 2. The van der Waals surface area contributed by atoms with E-state index in [1.165, 1.54) is 5.56 Å². The van der Waals surface area contributed by atoms with Crippen molar-refractivity contribution in [3.8, 4) is 11.5 Å². The fourth-order valence-electron chi connectivity index (χ4n) is 2.37.